The van der Waals surface area contributed by atoms with Gasteiger partial charge in [0.05, 0.1) is 11.8 Å². The number of amides is 1. The van der Waals surface area contributed by atoms with Crippen LogP contribution in [0.15, 0.2) is 48.5 Å². The standard InChI is InChI=1S/C21H24N2O4S/c1-15-7-9-16(10-8-15)20(24)18-5-3-4-6-19(18)21(25)22-17-11-13-23(14-12-17)28(2,26)27/h3-10,17H,11-14H2,1-2H3,(H,22,25). The number of aryl methyl sites for hydroxylation is 1. The molecule has 3 rings (SSSR count). The minimum Gasteiger partial charge on any atom is -0.349 e. The van der Waals surface area contributed by atoms with Crippen molar-refractivity contribution in [3.05, 3.63) is 70.8 Å². The van der Waals surface area contributed by atoms with E-state index in [9.17, 15) is 18.0 Å². The van der Waals surface area contributed by atoms with Crippen molar-refractivity contribution in [2.75, 3.05) is 19.3 Å². The molecule has 1 aliphatic rings. The van der Waals surface area contributed by atoms with E-state index >= 15 is 0 Å². The molecule has 1 aliphatic heterocycles. The molecule has 0 radical (unpaired) electrons. The number of nitrogens with zero attached hydrogens (tertiary/aromatic N) is 1. The number of benzene rings is 2. The fraction of sp³-hybridized carbons (Fsp3) is 0.333. The number of carbonyl (C=O) groups is 2. The lowest BCUT2D eigenvalue weighted by molar-refractivity contribution is 0.0914. The number of rotatable bonds is 5. The first kappa shape index (κ1) is 20.2. The van der Waals surface area contributed by atoms with Gasteiger partial charge in [-0.25, -0.2) is 12.7 Å². The van der Waals surface area contributed by atoms with Crippen molar-refractivity contribution >= 4 is 21.7 Å². The Morgan fingerprint density at radius 3 is 2.11 bits per heavy atom. The molecule has 148 valence electrons. The van der Waals surface area contributed by atoms with Crippen LogP contribution in [-0.4, -0.2) is 49.8 Å². The molecule has 0 bridgehead atoms. The highest BCUT2D eigenvalue weighted by atomic mass is 32.2. The van der Waals surface area contributed by atoms with Gasteiger partial charge in [-0.2, -0.15) is 0 Å². The van der Waals surface area contributed by atoms with Crippen LogP contribution in [0, 0.1) is 6.92 Å². The quantitative estimate of drug-likeness (QED) is 0.781. The summed E-state index contributed by atoms with van der Waals surface area (Å²) in [5.41, 5.74) is 2.28. The summed E-state index contributed by atoms with van der Waals surface area (Å²) in [5.74, 6) is -0.508. The molecule has 2 aromatic carbocycles. The highest BCUT2D eigenvalue weighted by molar-refractivity contribution is 7.88. The first-order chi connectivity index (χ1) is 13.3. The molecule has 1 fully saturated rings. The lowest BCUT2D eigenvalue weighted by atomic mass is 9.96. The molecular formula is C21H24N2O4S. The molecule has 0 saturated carbocycles. The SMILES string of the molecule is Cc1ccc(C(=O)c2ccccc2C(=O)NC2CCN(S(C)(=O)=O)CC2)cc1. The Labute approximate surface area is 165 Å². The highest BCUT2D eigenvalue weighted by Crippen LogP contribution is 2.18. The van der Waals surface area contributed by atoms with Crippen molar-refractivity contribution < 1.29 is 18.0 Å². The summed E-state index contributed by atoms with van der Waals surface area (Å²) in [5, 5.41) is 2.95. The molecule has 0 unspecified atom stereocenters. The topological polar surface area (TPSA) is 83.6 Å². The molecule has 1 heterocycles. The van der Waals surface area contributed by atoms with Crippen molar-refractivity contribution in [1.82, 2.24) is 9.62 Å². The molecule has 2 aromatic rings. The summed E-state index contributed by atoms with van der Waals surface area (Å²) in [6, 6.07) is 13.9. The van der Waals surface area contributed by atoms with E-state index < -0.39 is 10.0 Å². The van der Waals surface area contributed by atoms with Gasteiger partial charge in [0.1, 0.15) is 0 Å². The maximum atomic E-state index is 12.9. The third-order valence-corrected chi connectivity index (χ3v) is 6.29. The molecule has 28 heavy (non-hydrogen) atoms. The van der Waals surface area contributed by atoms with E-state index in [4.69, 9.17) is 0 Å². The van der Waals surface area contributed by atoms with Crippen LogP contribution in [0.4, 0.5) is 0 Å². The summed E-state index contributed by atoms with van der Waals surface area (Å²) in [6.07, 6.45) is 2.29. The maximum absolute atomic E-state index is 12.9. The molecule has 1 amide bonds. The number of nitrogens with one attached hydrogen (secondary N) is 1. The Kier molecular flexibility index (Phi) is 5.96. The van der Waals surface area contributed by atoms with Crippen LogP contribution in [-0.2, 0) is 10.0 Å². The molecule has 0 spiro atoms. The second-order valence-corrected chi connectivity index (χ2v) is 9.13. The molecule has 0 aromatic heterocycles. The van der Waals surface area contributed by atoms with Crippen molar-refractivity contribution in [1.29, 1.82) is 0 Å². The number of carbonyl (C=O) groups excluding carboxylic acids is 2. The first-order valence-corrected chi connectivity index (χ1v) is 11.1. The summed E-state index contributed by atoms with van der Waals surface area (Å²) in [4.78, 5) is 25.7. The van der Waals surface area contributed by atoms with Crippen LogP contribution in [0.5, 0.6) is 0 Å². The van der Waals surface area contributed by atoms with E-state index in [0.717, 1.165) is 5.56 Å². The van der Waals surface area contributed by atoms with E-state index in [1.165, 1.54) is 10.6 Å². The van der Waals surface area contributed by atoms with Crippen molar-refractivity contribution in [2.24, 2.45) is 0 Å². The second-order valence-electron chi connectivity index (χ2n) is 7.15. The van der Waals surface area contributed by atoms with Crippen LogP contribution in [0.3, 0.4) is 0 Å². The van der Waals surface area contributed by atoms with Gasteiger partial charge >= 0.3 is 0 Å². The molecule has 1 N–H and O–H groups in total. The monoisotopic (exact) mass is 400 g/mol. The van der Waals surface area contributed by atoms with Gasteiger partial charge < -0.3 is 5.32 Å². The number of piperidine rings is 1. The van der Waals surface area contributed by atoms with Gasteiger partial charge in [-0.3, -0.25) is 9.59 Å². The van der Waals surface area contributed by atoms with Crippen LogP contribution in [0.1, 0.15) is 44.7 Å². The van der Waals surface area contributed by atoms with Gasteiger partial charge in [-0.05, 0) is 25.8 Å². The van der Waals surface area contributed by atoms with Crippen LogP contribution in [0.25, 0.3) is 0 Å². The van der Waals surface area contributed by atoms with Gasteiger partial charge in [0.25, 0.3) is 5.91 Å². The zero-order valence-corrected chi connectivity index (χ0v) is 16.8. The predicted molar refractivity (Wildman–Crippen MR) is 108 cm³/mol. The van der Waals surface area contributed by atoms with E-state index in [-0.39, 0.29) is 17.7 Å². The van der Waals surface area contributed by atoms with E-state index in [2.05, 4.69) is 5.32 Å². The summed E-state index contributed by atoms with van der Waals surface area (Å²) in [6.45, 7) is 2.71. The lowest BCUT2D eigenvalue weighted by Gasteiger charge is -2.30. The average molecular weight is 401 g/mol. The second kappa shape index (κ2) is 8.24. The van der Waals surface area contributed by atoms with E-state index in [1.54, 1.807) is 36.4 Å². The third-order valence-electron chi connectivity index (χ3n) is 4.99. The first-order valence-electron chi connectivity index (χ1n) is 9.22. The average Bonchev–Trinajstić information content (AvgIpc) is 2.68. The number of ketones is 1. The Bertz CT molecular complexity index is 976. The fourth-order valence-corrected chi connectivity index (χ4v) is 4.21. The van der Waals surface area contributed by atoms with Crippen molar-refractivity contribution in [3.63, 3.8) is 0 Å². The Morgan fingerprint density at radius 2 is 1.54 bits per heavy atom. The van der Waals surface area contributed by atoms with Gasteiger partial charge in [-0.15, -0.1) is 0 Å². The number of sulfonamides is 1. The highest BCUT2D eigenvalue weighted by Gasteiger charge is 2.27. The van der Waals surface area contributed by atoms with Crippen LogP contribution >= 0.6 is 0 Å². The Morgan fingerprint density at radius 1 is 0.964 bits per heavy atom. The number of hydrogen-bond donors (Lipinski definition) is 1. The van der Waals surface area contributed by atoms with Crippen LogP contribution in [0.2, 0.25) is 0 Å². The molecule has 0 aliphatic carbocycles. The van der Waals surface area contributed by atoms with Gasteiger partial charge in [0.2, 0.25) is 10.0 Å². The molecule has 0 atom stereocenters. The molecule has 6 nitrogen and oxygen atoms in total. The minimum absolute atomic E-state index is 0.118. The van der Waals surface area contributed by atoms with E-state index in [1.807, 2.05) is 19.1 Å². The van der Waals surface area contributed by atoms with Gasteiger partial charge in [0.15, 0.2) is 5.78 Å². The van der Waals surface area contributed by atoms with Crippen LogP contribution < -0.4 is 5.32 Å². The summed E-state index contributed by atoms with van der Waals surface area (Å²) >= 11 is 0. The molecule has 1 saturated heterocycles. The van der Waals surface area contributed by atoms with Crippen molar-refractivity contribution in [2.45, 2.75) is 25.8 Å². The van der Waals surface area contributed by atoms with Gasteiger partial charge in [0, 0.05) is 30.3 Å². The fourth-order valence-electron chi connectivity index (χ4n) is 3.33. The molecular weight excluding hydrogens is 376 g/mol. The largest absolute Gasteiger partial charge is 0.349 e. The Hall–Kier alpha value is -2.51. The third kappa shape index (κ3) is 4.66. The predicted octanol–water partition coefficient (Wildman–Crippen LogP) is 2.38. The smallest absolute Gasteiger partial charge is 0.252 e. The summed E-state index contributed by atoms with van der Waals surface area (Å²) < 4.78 is 24.6. The lowest BCUT2D eigenvalue weighted by Crippen LogP contribution is -2.46. The summed E-state index contributed by atoms with van der Waals surface area (Å²) in [7, 11) is -3.21. The molecule has 7 heteroatoms. The Balaban J connectivity index is 1.73. The zero-order chi connectivity index (χ0) is 20.3. The number of hydrogen-bond acceptors (Lipinski definition) is 4. The maximum Gasteiger partial charge on any atom is 0.252 e. The zero-order valence-electron chi connectivity index (χ0n) is 16.0. The van der Waals surface area contributed by atoms with Crippen molar-refractivity contribution in [3.8, 4) is 0 Å². The van der Waals surface area contributed by atoms with E-state index in [0.29, 0.717) is 42.6 Å². The minimum atomic E-state index is -3.21. The normalized spacial score (nSPS) is 15.9. The van der Waals surface area contributed by atoms with Gasteiger partial charge in [-0.1, -0.05) is 48.0 Å².